The Bertz CT molecular complexity index is 857. The van der Waals surface area contributed by atoms with E-state index in [4.69, 9.17) is 5.26 Å². The number of hydrogen-bond donors (Lipinski definition) is 0. The van der Waals surface area contributed by atoms with Crippen LogP contribution in [0.25, 0.3) is 10.9 Å². The van der Waals surface area contributed by atoms with Gasteiger partial charge in [0.1, 0.15) is 0 Å². The fourth-order valence-electron chi connectivity index (χ4n) is 2.27. The first-order chi connectivity index (χ1) is 10.2. The minimum atomic E-state index is 0.0250. The minimum Gasteiger partial charge on any atom is -0.340 e. The van der Waals surface area contributed by atoms with Gasteiger partial charge in [0.15, 0.2) is 5.78 Å². The van der Waals surface area contributed by atoms with Crippen molar-refractivity contribution in [2.45, 2.75) is 6.54 Å². The molecule has 102 valence electrons. The van der Waals surface area contributed by atoms with E-state index in [0.29, 0.717) is 11.1 Å². The van der Waals surface area contributed by atoms with Gasteiger partial charge in [-0.2, -0.15) is 5.26 Å². The second kappa shape index (κ2) is 5.55. The molecule has 0 amide bonds. The molecule has 0 saturated heterocycles. The number of nitriles is 1. The smallest absolute Gasteiger partial charge is 0.182 e. The molecule has 0 unspecified atom stereocenters. The van der Waals surface area contributed by atoms with Crippen LogP contribution in [-0.2, 0) is 6.54 Å². The molecule has 0 aliphatic rings. The van der Waals surface area contributed by atoms with E-state index in [9.17, 15) is 4.79 Å². The number of carbonyl (C=O) groups is 1. The highest BCUT2D eigenvalue weighted by Gasteiger charge is 2.09. The number of ketones is 1. The van der Waals surface area contributed by atoms with E-state index >= 15 is 0 Å². The second-order valence-corrected chi connectivity index (χ2v) is 5.67. The normalized spacial score (nSPS) is 10.5. The number of Topliss-reactive ketones (excluding diaryl/α,β-unsaturated/α-hetero) is 1. The number of nitrogens with zero attached hydrogens (tertiary/aromatic N) is 2. The molecule has 1 aromatic heterocycles. The van der Waals surface area contributed by atoms with Crippen LogP contribution in [-0.4, -0.2) is 10.4 Å². The Labute approximate surface area is 130 Å². The molecule has 0 saturated carbocycles. The first kappa shape index (κ1) is 13.6. The Hall–Kier alpha value is -2.38. The van der Waals surface area contributed by atoms with Crippen LogP contribution in [0.2, 0.25) is 0 Å². The molecule has 4 heteroatoms. The van der Waals surface area contributed by atoms with Crippen LogP contribution in [0.5, 0.6) is 0 Å². The molecule has 0 bridgehead atoms. The summed E-state index contributed by atoms with van der Waals surface area (Å²) >= 11 is 3.45. The number of fused-ring (bicyclic) bond motifs is 1. The number of halogens is 1. The average molecular weight is 339 g/mol. The highest BCUT2D eigenvalue weighted by Crippen LogP contribution is 2.21. The summed E-state index contributed by atoms with van der Waals surface area (Å²) in [5.41, 5.74) is 2.19. The van der Waals surface area contributed by atoms with Crippen molar-refractivity contribution in [1.29, 1.82) is 5.26 Å². The molecule has 0 fully saturated rings. The molecule has 0 spiro atoms. The maximum Gasteiger partial charge on any atom is 0.182 e. The lowest BCUT2D eigenvalue weighted by Gasteiger charge is -2.05. The quantitative estimate of drug-likeness (QED) is 0.673. The fraction of sp³-hybridized carbons (Fsp3) is 0.0588. The van der Waals surface area contributed by atoms with Crippen LogP contribution in [0, 0.1) is 11.3 Å². The molecule has 0 atom stereocenters. The van der Waals surface area contributed by atoms with E-state index in [0.717, 1.165) is 15.4 Å². The zero-order chi connectivity index (χ0) is 14.8. The zero-order valence-electron chi connectivity index (χ0n) is 11.1. The zero-order valence-corrected chi connectivity index (χ0v) is 12.7. The van der Waals surface area contributed by atoms with Gasteiger partial charge in [-0.3, -0.25) is 4.79 Å². The van der Waals surface area contributed by atoms with Gasteiger partial charge >= 0.3 is 0 Å². The molecule has 21 heavy (non-hydrogen) atoms. The highest BCUT2D eigenvalue weighted by molar-refractivity contribution is 9.10. The molecule has 2 aromatic carbocycles. The Kier molecular flexibility index (Phi) is 3.59. The minimum absolute atomic E-state index is 0.0250. The molecule has 3 rings (SSSR count). The number of rotatable bonds is 3. The van der Waals surface area contributed by atoms with Gasteiger partial charge in [0.2, 0.25) is 0 Å². The number of carbonyl (C=O) groups excluding carboxylic acids is 1. The Morgan fingerprint density at radius 1 is 1.14 bits per heavy atom. The van der Waals surface area contributed by atoms with Crippen LogP contribution in [0.15, 0.2) is 59.2 Å². The van der Waals surface area contributed by atoms with E-state index in [1.54, 1.807) is 24.3 Å². The monoisotopic (exact) mass is 338 g/mol. The summed E-state index contributed by atoms with van der Waals surface area (Å²) in [6, 6.07) is 16.8. The van der Waals surface area contributed by atoms with Crippen LogP contribution in [0.1, 0.15) is 15.9 Å². The largest absolute Gasteiger partial charge is 0.340 e. The van der Waals surface area contributed by atoms with Crippen molar-refractivity contribution in [2.24, 2.45) is 0 Å². The predicted octanol–water partition coefficient (Wildman–Crippen LogP) is 4.16. The van der Waals surface area contributed by atoms with Gasteiger partial charge in [0.05, 0.1) is 18.2 Å². The number of benzene rings is 2. The third-order valence-electron chi connectivity index (χ3n) is 3.39. The Morgan fingerprint density at radius 3 is 2.62 bits per heavy atom. The molecule has 1 heterocycles. The third kappa shape index (κ3) is 2.74. The van der Waals surface area contributed by atoms with Crippen molar-refractivity contribution >= 4 is 32.6 Å². The van der Waals surface area contributed by atoms with Gasteiger partial charge in [0.25, 0.3) is 0 Å². The van der Waals surface area contributed by atoms with Crippen molar-refractivity contribution in [1.82, 2.24) is 4.57 Å². The molecular weight excluding hydrogens is 328 g/mol. The van der Waals surface area contributed by atoms with Crippen molar-refractivity contribution in [3.8, 4) is 6.07 Å². The molecule has 0 aliphatic carbocycles. The Balaban J connectivity index is 1.89. The third-order valence-corrected chi connectivity index (χ3v) is 3.88. The average Bonchev–Trinajstić information content (AvgIpc) is 2.89. The molecule has 0 N–H and O–H groups in total. The SMILES string of the molecule is N#Cc1ccc(C(=O)Cn2ccc3ccc(Br)cc32)cc1. The maximum absolute atomic E-state index is 12.3. The summed E-state index contributed by atoms with van der Waals surface area (Å²) in [7, 11) is 0. The van der Waals surface area contributed by atoms with E-state index in [1.165, 1.54) is 0 Å². The summed E-state index contributed by atoms with van der Waals surface area (Å²) in [5.74, 6) is 0.0250. The van der Waals surface area contributed by atoms with E-state index in [1.807, 2.05) is 41.1 Å². The molecule has 3 aromatic rings. The van der Waals surface area contributed by atoms with Gasteiger partial charge in [-0.05, 0) is 35.7 Å². The standard InChI is InChI=1S/C17H11BrN2O/c18-15-6-5-13-7-8-20(16(13)9-15)11-17(21)14-3-1-12(10-19)2-4-14/h1-9H,11H2. The van der Waals surface area contributed by atoms with Crippen molar-refractivity contribution in [3.05, 3.63) is 70.3 Å². The first-order valence-electron chi connectivity index (χ1n) is 6.45. The van der Waals surface area contributed by atoms with Gasteiger partial charge < -0.3 is 4.57 Å². The second-order valence-electron chi connectivity index (χ2n) is 4.76. The highest BCUT2D eigenvalue weighted by atomic mass is 79.9. The van der Waals surface area contributed by atoms with Crippen LogP contribution in [0.3, 0.4) is 0 Å². The van der Waals surface area contributed by atoms with Gasteiger partial charge in [-0.1, -0.05) is 34.1 Å². The van der Waals surface area contributed by atoms with Crippen LogP contribution in [0.4, 0.5) is 0 Å². The molecular formula is C17H11BrN2O. The lowest BCUT2D eigenvalue weighted by Crippen LogP contribution is -2.09. The predicted molar refractivity (Wildman–Crippen MR) is 85.1 cm³/mol. The molecule has 0 radical (unpaired) electrons. The molecule has 0 aliphatic heterocycles. The number of aromatic nitrogens is 1. The first-order valence-corrected chi connectivity index (χ1v) is 7.24. The van der Waals surface area contributed by atoms with Crippen LogP contribution < -0.4 is 0 Å². The van der Waals surface area contributed by atoms with Crippen molar-refractivity contribution in [2.75, 3.05) is 0 Å². The van der Waals surface area contributed by atoms with Crippen LogP contribution >= 0.6 is 15.9 Å². The van der Waals surface area contributed by atoms with Gasteiger partial charge in [0, 0.05) is 21.7 Å². The summed E-state index contributed by atoms with van der Waals surface area (Å²) in [5, 5.41) is 9.88. The summed E-state index contributed by atoms with van der Waals surface area (Å²) in [4.78, 5) is 12.3. The van der Waals surface area contributed by atoms with E-state index in [2.05, 4.69) is 15.9 Å². The summed E-state index contributed by atoms with van der Waals surface area (Å²) in [6.07, 6.45) is 1.92. The lowest BCUT2D eigenvalue weighted by atomic mass is 10.1. The summed E-state index contributed by atoms with van der Waals surface area (Å²) in [6.45, 7) is 0.284. The fourth-order valence-corrected chi connectivity index (χ4v) is 2.62. The topological polar surface area (TPSA) is 45.8 Å². The Morgan fingerprint density at radius 2 is 1.90 bits per heavy atom. The van der Waals surface area contributed by atoms with E-state index < -0.39 is 0 Å². The van der Waals surface area contributed by atoms with Crippen molar-refractivity contribution in [3.63, 3.8) is 0 Å². The number of hydrogen-bond acceptors (Lipinski definition) is 2. The lowest BCUT2D eigenvalue weighted by molar-refractivity contribution is 0.0973. The van der Waals surface area contributed by atoms with Gasteiger partial charge in [-0.25, -0.2) is 0 Å². The van der Waals surface area contributed by atoms with Crippen molar-refractivity contribution < 1.29 is 4.79 Å². The van der Waals surface area contributed by atoms with Gasteiger partial charge in [-0.15, -0.1) is 0 Å². The maximum atomic E-state index is 12.3. The van der Waals surface area contributed by atoms with E-state index in [-0.39, 0.29) is 12.3 Å². The molecule has 3 nitrogen and oxygen atoms in total. The summed E-state index contributed by atoms with van der Waals surface area (Å²) < 4.78 is 2.92.